The molecule has 38 heavy (non-hydrogen) atoms. The van der Waals surface area contributed by atoms with Crippen molar-refractivity contribution in [2.75, 3.05) is 35.2 Å². The number of nitrogens with zero attached hydrogens (tertiary/aromatic N) is 6. The van der Waals surface area contributed by atoms with Gasteiger partial charge in [-0.1, -0.05) is 38.8 Å². The molecule has 0 unspecified atom stereocenters. The number of nitrogens with one attached hydrogen (secondary N) is 3. The number of aryl methyl sites for hydroxylation is 2. The second-order valence-corrected chi connectivity index (χ2v) is 11.4. The Labute approximate surface area is 225 Å². The van der Waals surface area contributed by atoms with Crippen LogP contribution in [-0.4, -0.2) is 58.6 Å². The molecule has 3 aromatic rings. The summed E-state index contributed by atoms with van der Waals surface area (Å²) in [6.45, 7) is 6.51. The van der Waals surface area contributed by atoms with Gasteiger partial charge in [-0.2, -0.15) is 15.0 Å². The van der Waals surface area contributed by atoms with Crippen molar-refractivity contribution in [3.8, 4) is 0 Å². The van der Waals surface area contributed by atoms with Crippen molar-refractivity contribution in [2.45, 2.75) is 69.9 Å². The van der Waals surface area contributed by atoms with Crippen LogP contribution in [0.25, 0.3) is 0 Å². The molecule has 1 aromatic carbocycles. The van der Waals surface area contributed by atoms with E-state index in [1.165, 1.54) is 0 Å². The predicted octanol–water partition coefficient (Wildman–Crippen LogP) is 3.33. The molecule has 0 radical (unpaired) electrons. The van der Waals surface area contributed by atoms with Crippen LogP contribution in [0.2, 0.25) is 0 Å². The van der Waals surface area contributed by atoms with E-state index in [-0.39, 0.29) is 17.5 Å². The Kier molecular flexibility index (Phi) is 9.51. The first-order valence-electron chi connectivity index (χ1n) is 13.4. The van der Waals surface area contributed by atoms with Gasteiger partial charge < -0.3 is 20.1 Å². The second kappa shape index (κ2) is 13.0. The summed E-state index contributed by atoms with van der Waals surface area (Å²) in [4.78, 5) is 20.6. The van der Waals surface area contributed by atoms with Crippen molar-refractivity contribution >= 4 is 27.9 Å². The number of hydrogen-bond donors (Lipinski definition) is 3. The number of sulfonamides is 1. The minimum absolute atomic E-state index is 0.0568. The summed E-state index contributed by atoms with van der Waals surface area (Å²) in [5.74, 6) is 1.50. The molecular weight excluding hydrogens is 502 g/mol. The number of anilines is 3. The van der Waals surface area contributed by atoms with Gasteiger partial charge in [0.1, 0.15) is 0 Å². The summed E-state index contributed by atoms with van der Waals surface area (Å²) in [5.41, 5.74) is 2.02. The van der Waals surface area contributed by atoms with Crippen LogP contribution >= 0.6 is 0 Å². The minimum Gasteiger partial charge on any atom is -0.354 e. The number of aromatic nitrogens is 5. The van der Waals surface area contributed by atoms with Crippen LogP contribution in [0.15, 0.2) is 41.7 Å². The van der Waals surface area contributed by atoms with Crippen molar-refractivity contribution in [3.63, 3.8) is 0 Å². The highest BCUT2D eigenvalue weighted by atomic mass is 32.2. The lowest BCUT2D eigenvalue weighted by Crippen LogP contribution is -2.41. The Morgan fingerprint density at radius 3 is 2.47 bits per heavy atom. The molecule has 1 fully saturated rings. The van der Waals surface area contributed by atoms with Gasteiger partial charge in [-0.15, -0.1) is 0 Å². The van der Waals surface area contributed by atoms with Crippen LogP contribution < -0.4 is 20.3 Å². The average molecular weight is 542 g/mol. The number of unbranched alkanes of at least 4 members (excludes halogenated alkanes) is 1. The van der Waals surface area contributed by atoms with E-state index in [0.717, 1.165) is 62.9 Å². The molecule has 4 rings (SSSR count). The van der Waals surface area contributed by atoms with Crippen LogP contribution in [0.5, 0.6) is 0 Å². The van der Waals surface area contributed by atoms with Gasteiger partial charge in [0.25, 0.3) is 0 Å². The van der Waals surface area contributed by atoms with E-state index in [2.05, 4.69) is 54.0 Å². The first-order chi connectivity index (χ1) is 18.4. The van der Waals surface area contributed by atoms with E-state index in [9.17, 15) is 8.42 Å². The van der Waals surface area contributed by atoms with Gasteiger partial charge in [0.2, 0.25) is 27.9 Å². The molecule has 1 aliphatic rings. The Balaban J connectivity index is 1.47. The first-order valence-corrected chi connectivity index (χ1v) is 14.9. The fourth-order valence-corrected chi connectivity index (χ4v) is 5.55. The van der Waals surface area contributed by atoms with Crippen molar-refractivity contribution in [1.29, 1.82) is 0 Å². The lowest BCUT2D eigenvalue weighted by Gasteiger charge is -2.25. The molecule has 206 valence electrons. The predicted molar refractivity (Wildman–Crippen MR) is 150 cm³/mol. The third-order valence-electron chi connectivity index (χ3n) is 6.54. The zero-order valence-corrected chi connectivity index (χ0v) is 23.3. The summed E-state index contributed by atoms with van der Waals surface area (Å²) >= 11 is 0. The molecule has 2 aromatic heterocycles. The van der Waals surface area contributed by atoms with E-state index in [1.54, 1.807) is 18.5 Å². The maximum absolute atomic E-state index is 13.0. The third-order valence-corrected chi connectivity index (χ3v) is 7.98. The van der Waals surface area contributed by atoms with Gasteiger partial charge in [0.05, 0.1) is 23.5 Å². The van der Waals surface area contributed by atoms with E-state index >= 15 is 0 Å². The normalized spacial score (nSPS) is 15.7. The molecule has 0 saturated carbocycles. The first kappa shape index (κ1) is 27.8. The van der Waals surface area contributed by atoms with Crippen molar-refractivity contribution in [3.05, 3.63) is 48.0 Å². The molecule has 0 amide bonds. The second-order valence-electron chi connectivity index (χ2n) is 9.68. The molecule has 1 saturated heterocycles. The molecule has 12 heteroatoms. The molecule has 3 heterocycles. The van der Waals surface area contributed by atoms with Crippen molar-refractivity contribution in [2.24, 2.45) is 7.05 Å². The Morgan fingerprint density at radius 1 is 1.03 bits per heavy atom. The number of benzene rings is 1. The van der Waals surface area contributed by atoms with E-state index in [0.29, 0.717) is 24.4 Å². The van der Waals surface area contributed by atoms with Gasteiger partial charge >= 0.3 is 0 Å². The minimum atomic E-state index is -3.62. The highest BCUT2D eigenvalue weighted by molar-refractivity contribution is 7.89. The van der Waals surface area contributed by atoms with Gasteiger partial charge in [-0.05, 0) is 43.4 Å². The fourth-order valence-electron chi connectivity index (χ4n) is 4.48. The maximum Gasteiger partial charge on any atom is 0.240 e. The van der Waals surface area contributed by atoms with E-state index in [1.807, 2.05) is 29.9 Å². The van der Waals surface area contributed by atoms with E-state index < -0.39 is 10.0 Å². The summed E-state index contributed by atoms with van der Waals surface area (Å²) in [7, 11) is -1.69. The van der Waals surface area contributed by atoms with Crippen LogP contribution in [0, 0.1) is 0 Å². The van der Waals surface area contributed by atoms with Crippen LogP contribution in [-0.2, 0) is 30.0 Å². The number of hydrogen-bond acceptors (Lipinski definition) is 9. The van der Waals surface area contributed by atoms with E-state index in [4.69, 9.17) is 0 Å². The third kappa shape index (κ3) is 7.41. The molecule has 0 bridgehead atoms. The zero-order valence-electron chi connectivity index (χ0n) is 22.5. The molecule has 0 spiro atoms. The van der Waals surface area contributed by atoms with Crippen LogP contribution in [0.1, 0.15) is 57.2 Å². The van der Waals surface area contributed by atoms with Gasteiger partial charge in [-0.3, -0.25) is 0 Å². The smallest absolute Gasteiger partial charge is 0.240 e. The Morgan fingerprint density at radius 2 is 1.79 bits per heavy atom. The molecular formula is C26H39N9O2S. The quantitative estimate of drug-likeness (QED) is 0.263. The monoisotopic (exact) mass is 541 g/mol. The SMILES string of the molecule is CCCCNc1nc(NCc2cn(C)cn2)nc(N2CCC[C@@H]2CNS(=O)(=O)c2ccc(CCC)cc2)n1. The highest BCUT2D eigenvalue weighted by Crippen LogP contribution is 2.24. The van der Waals surface area contributed by atoms with Crippen LogP contribution in [0.4, 0.5) is 17.8 Å². The Bertz CT molecular complexity index is 1280. The summed E-state index contributed by atoms with van der Waals surface area (Å²) in [6.07, 6.45) is 9.49. The van der Waals surface area contributed by atoms with Gasteiger partial charge in [0.15, 0.2) is 0 Å². The lowest BCUT2D eigenvalue weighted by atomic mass is 10.1. The molecule has 1 aliphatic heterocycles. The molecule has 3 N–H and O–H groups in total. The summed E-state index contributed by atoms with van der Waals surface area (Å²) in [5, 5.41) is 6.56. The van der Waals surface area contributed by atoms with Gasteiger partial charge in [-0.25, -0.2) is 18.1 Å². The van der Waals surface area contributed by atoms with Gasteiger partial charge in [0, 0.05) is 38.9 Å². The fraction of sp³-hybridized carbons (Fsp3) is 0.538. The largest absolute Gasteiger partial charge is 0.354 e. The molecule has 1 atom stereocenters. The number of rotatable bonds is 14. The summed E-state index contributed by atoms with van der Waals surface area (Å²) in [6, 6.07) is 7.08. The molecule has 11 nitrogen and oxygen atoms in total. The standard InChI is InChI=1S/C26H39N9O2S/c1-4-6-14-27-24-31-25(28-16-21-18-34(3)19-29-21)33-26(32-24)35-15-7-9-22(35)17-30-38(36,37)23-12-10-20(8-5-2)11-13-23/h10-13,18-19,22,30H,4-9,14-17H2,1-3H3,(H2,27,28,31,32,33)/t22-/m1/s1. The van der Waals surface area contributed by atoms with Crippen molar-refractivity contribution in [1.82, 2.24) is 29.2 Å². The van der Waals surface area contributed by atoms with Crippen molar-refractivity contribution < 1.29 is 8.42 Å². The average Bonchev–Trinajstić information content (AvgIpc) is 3.56. The summed E-state index contributed by atoms with van der Waals surface area (Å²) < 4.78 is 30.7. The Hall–Kier alpha value is -3.25. The zero-order chi connectivity index (χ0) is 27.0. The number of imidazole rings is 1. The highest BCUT2D eigenvalue weighted by Gasteiger charge is 2.29. The molecule has 0 aliphatic carbocycles. The van der Waals surface area contributed by atoms with Crippen LogP contribution in [0.3, 0.4) is 0 Å². The maximum atomic E-state index is 13.0. The lowest BCUT2D eigenvalue weighted by molar-refractivity contribution is 0.565. The topological polar surface area (TPSA) is 130 Å².